The number of ether oxygens (including phenoxy) is 1. The van der Waals surface area contributed by atoms with E-state index in [1.807, 2.05) is 43.3 Å². The van der Waals surface area contributed by atoms with Crippen molar-refractivity contribution in [2.24, 2.45) is 0 Å². The third-order valence-corrected chi connectivity index (χ3v) is 7.42. The van der Waals surface area contributed by atoms with E-state index in [0.29, 0.717) is 27.2 Å². The zero-order valence-corrected chi connectivity index (χ0v) is 21.0. The predicted molar refractivity (Wildman–Crippen MR) is 140 cm³/mol. The summed E-state index contributed by atoms with van der Waals surface area (Å²) in [7, 11) is 1.53. The Balaban J connectivity index is 1.64. The Hall–Kier alpha value is -3.94. The molecule has 0 aliphatic carbocycles. The van der Waals surface area contributed by atoms with E-state index < -0.39 is 11.4 Å². The Bertz CT molecular complexity index is 1640. The molecule has 37 heavy (non-hydrogen) atoms. The van der Waals surface area contributed by atoms with E-state index in [0.717, 1.165) is 11.1 Å². The maximum atomic E-state index is 14.6. The highest BCUT2D eigenvalue weighted by Gasteiger charge is 2.64. The number of rotatable bonds is 5. The van der Waals surface area contributed by atoms with Crippen LogP contribution in [0.1, 0.15) is 32.8 Å². The van der Waals surface area contributed by atoms with E-state index >= 15 is 0 Å². The molecule has 8 heteroatoms. The molecule has 2 aliphatic heterocycles. The molecule has 7 nitrogen and oxygen atoms in total. The van der Waals surface area contributed by atoms with Gasteiger partial charge in [-0.2, -0.15) is 0 Å². The van der Waals surface area contributed by atoms with Crippen LogP contribution in [0, 0.1) is 6.92 Å². The van der Waals surface area contributed by atoms with Crippen LogP contribution in [-0.2, 0) is 21.6 Å². The first kappa shape index (κ1) is 23.5. The molecule has 3 aromatic carbocycles. The minimum atomic E-state index is -1.66. The molecule has 1 unspecified atom stereocenters. The number of hydrogen-bond donors (Lipinski definition) is 0. The molecule has 6 rings (SSSR count). The minimum Gasteiger partial charge on any atom is -0.450 e. The van der Waals surface area contributed by atoms with Gasteiger partial charge >= 0.3 is 0 Å². The zero-order valence-electron chi connectivity index (χ0n) is 20.3. The summed E-state index contributed by atoms with van der Waals surface area (Å²) < 4.78 is 11.4. The molecular weight excluding hydrogens is 492 g/mol. The van der Waals surface area contributed by atoms with Gasteiger partial charge in [0.25, 0.3) is 11.8 Å². The molecule has 3 heterocycles. The van der Waals surface area contributed by atoms with E-state index in [9.17, 15) is 14.4 Å². The summed E-state index contributed by atoms with van der Waals surface area (Å²) in [5.41, 5.74) is 1.25. The van der Waals surface area contributed by atoms with Gasteiger partial charge in [-0.1, -0.05) is 53.6 Å². The smallest absolute Gasteiger partial charge is 0.291 e. The number of benzene rings is 3. The number of carbonyl (C=O) groups is 2. The summed E-state index contributed by atoms with van der Waals surface area (Å²) in [5, 5.41) is 0.926. The molecular formula is C29H23ClN2O5. The summed E-state index contributed by atoms with van der Waals surface area (Å²) in [4.78, 5) is 45.6. The van der Waals surface area contributed by atoms with Gasteiger partial charge in [0.05, 0.1) is 29.8 Å². The molecule has 0 saturated heterocycles. The molecule has 0 bridgehead atoms. The van der Waals surface area contributed by atoms with Gasteiger partial charge < -0.3 is 19.0 Å². The lowest BCUT2D eigenvalue weighted by Crippen LogP contribution is -2.54. The Morgan fingerprint density at radius 1 is 1.00 bits per heavy atom. The van der Waals surface area contributed by atoms with Crippen molar-refractivity contribution in [1.82, 2.24) is 4.90 Å². The predicted octanol–water partition coefficient (Wildman–Crippen LogP) is 4.65. The van der Waals surface area contributed by atoms with Crippen LogP contribution in [0.3, 0.4) is 0 Å². The highest BCUT2D eigenvalue weighted by molar-refractivity contribution is 6.30. The maximum Gasteiger partial charge on any atom is 0.291 e. The minimum absolute atomic E-state index is 0.0581. The van der Waals surface area contributed by atoms with Gasteiger partial charge in [-0.15, -0.1) is 0 Å². The number of aryl methyl sites for hydroxylation is 1. The monoisotopic (exact) mass is 514 g/mol. The zero-order chi connectivity index (χ0) is 25.9. The fourth-order valence-corrected chi connectivity index (χ4v) is 5.64. The quantitative estimate of drug-likeness (QED) is 0.387. The number of anilines is 1. The van der Waals surface area contributed by atoms with Crippen LogP contribution in [0.4, 0.5) is 5.69 Å². The van der Waals surface area contributed by atoms with Crippen LogP contribution in [0.2, 0.25) is 5.02 Å². The van der Waals surface area contributed by atoms with Gasteiger partial charge in [0.15, 0.2) is 11.0 Å². The second kappa shape index (κ2) is 8.57. The molecule has 0 N–H and O–H groups in total. The fourth-order valence-electron chi connectivity index (χ4n) is 5.52. The van der Waals surface area contributed by atoms with Crippen molar-refractivity contribution in [3.8, 4) is 0 Å². The molecule has 0 fully saturated rings. The number of methoxy groups -OCH3 is 1. The maximum absolute atomic E-state index is 14.6. The first-order valence-electron chi connectivity index (χ1n) is 11.9. The number of nitrogens with zero attached hydrogens (tertiary/aromatic N) is 2. The van der Waals surface area contributed by atoms with Crippen LogP contribution in [0.5, 0.6) is 0 Å². The molecule has 0 saturated carbocycles. The van der Waals surface area contributed by atoms with Gasteiger partial charge in [-0.3, -0.25) is 14.4 Å². The summed E-state index contributed by atoms with van der Waals surface area (Å²) in [6.07, 6.45) is 0. The summed E-state index contributed by atoms with van der Waals surface area (Å²) in [5.74, 6) is -0.997. The van der Waals surface area contributed by atoms with Gasteiger partial charge in [-0.25, -0.2) is 0 Å². The molecule has 2 aliphatic rings. The van der Waals surface area contributed by atoms with Crippen LogP contribution in [0.25, 0.3) is 11.0 Å². The van der Waals surface area contributed by atoms with Crippen LogP contribution >= 0.6 is 11.6 Å². The van der Waals surface area contributed by atoms with Crippen molar-refractivity contribution in [1.29, 1.82) is 0 Å². The average Bonchev–Trinajstić information content (AvgIpc) is 3.29. The Morgan fingerprint density at radius 3 is 2.51 bits per heavy atom. The lowest BCUT2D eigenvalue weighted by molar-refractivity contribution is -0.126. The van der Waals surface area contributed by atoms with Crippen molar-refractivity contribution in [2.45, 2.75) is 19.0 Å². The molecule has 1 spiro atoms. The van der Waals surface area contributed by atoms with Crippen molar-refractivity contribution < 1.29 is 18.7 Å². The highest BCUT2D eigenvalue weighted by atomic mass is 35.5. The van der Waals surface area contributed by atoms with Gasteiger partial charge in [0.2, 0.25) is 5.76 Å². The molecule has 4 aromatic rings. The first-order valence-corrected chi connectivity index (χ1v) is 12.3. The van der Waals surface area contributed by atoms with Gasteiger partial charge in [0.1, 0.15) is 5.58 Å². The molecule has 1 aromatic heterocycles. The Kier molecular flexibility index (Phi) is 5.44. The number of halogens is 1. The molecule has 0 radical (unpaired) electrons. The summed E-state index contributed by atoms with van der Waals surface area (Å²) >= 11 is 6.07. The largest absolute Gasteiger partial charge is 0.450 e. The summed E-state index contributed by atoms with van der Waals surface area (Å²) in [6.45, 7) is 2.40. The average molecular weight is 515 g/mol. The standard InChI is InChI=1S/C29H23ClN2O5/c1-17-7-12-23-20(15-17)25(33)24-26(37-23)27(34)32(13-14-36-2)29(24)21-5-3-4-6-22(21)31(28(29)35)16-18-8-10-19(30)11-9-18/h3-12,15H,13-14,16H2,1-2H3. The molecule has 186 valence electrons. The van der Waals surface area contributed by atoms with E-state index in [4.69, 9.17) is 20.8 Å². The van der Waals surface area contributed by atoms with Gasteiger partial charge in [0, 0.05) is 24.2 Å². The number of fused-ring (bicyclic) bond motifs is 5. The first-order chi connectivity index (χ1) is 17.9. The van der Waals surface area contributed by atoms with Crippen molar-refractivity contribution in [3.05, 3.63) is 110 Å². The fraction of sp³-hybridized carbons (Fsp3) is 0.207. The van der Waals surface area contributed by atoms with E-state index in [1.165, 1.54) is 12.0 Å². The van der Waals surface area contributed by atoms with Crippen molar-refractivity contribution >= 4 is 40.1 Å². The highest BCUT2D eigenvalue weighted by Crippen LogP contribution is 2.52. The number of hydrogen-bond acceptors (Lipinski definition) is 5. The molecule has 1 atom stereocenters. The van der Waals surface area contributed by atoms with Crippen molar-refractivity contribution in [2.75, 3.05) is 25.2 Å². The Morgan fingerprint density at radius 2 is 1.76 bits per heavy atom. The topological polar surface area (TPSA) is 80.1 Å². The van der Waals surface area contributed by atoms with E-state index in [2.05, 4.69) is 0 Å². The second-order valence-corrected chi connectivity index (χ2v) is 9.77. The summed E-state index contributed by atoms with van der Waals surface area (Å²) in [6, 6.07) is 19.7. The van der Waals surface area contributed by atoms with E-state index in [1.54, 1.807) is 35.2 Å². The lowest BCUT2D eigenvalue weighted by atomic mass is 9.84. The lowest BCUT2D eigenvalue weighted by Gasteiger charge is -2.34. The second-order valence-electron chi connectivity index (χ2n) is 9.33. The SMILES string of the molecule is COCCN1C(=O)c2oc3ccc(C)cc3c(=O)c2C12C(=O)N(Cc1ccc(Cl)cc1)c1ccccc12. The number of amides is 2. The third-order valence-electron chi connectivity index (χ3n) is 7.16. The number of carbonyl (C=O) groups excluding carboxylic acids is 2. The normalized spacial score (nSPS) is 18.2. The van der Waals surface area contributed by atoms with Crippen molar-refractivity contribution in [3.63, 3.8) is 0 Å². The van der Waals surface area contributed by atoms with Crippen LogP contribution in [-0.4, -0.2) is 37.0 Å². The van der Waals surface area contributed by atoms with Gasteiger partial charge in [-0.05, 0) is 42.8 Å². The van der Waals surface area contributed by atoms with E-state index in [-0.39, 0.29) is 42.4 Å². The Labute approximate surface area is 217 Å². The van der Waals surface area contributed by atoms with Crippen LogP contribution in [0.15, 0.2) is 75.9 Å². The van der Waals surface area contributed by atoms with Crippen LogP contribution < -0.4 is 10.3 Å². The third kappa shape index (κ3) is 3.27. The molecule has 2 amide bonds. The number of para-hydroxylation sites is 1.